The largest absolute Gasteiger partial charge is 0.360 e. The van der Waals surface area contributed by atoms with Crippen LogP contribution in [-0.2, 0) is 4.79 Å². The number of likely N-dealkylation sites (tertiary alicyclic amines) is 1. The molecule has 0 aliphatic carbocycles. The Morgan fingerprint density at radius 2 is 1.88 bits per heavy atom. The van der Waals surface area contributed by atoms with Crippen LogP contribution in [0.1, 0.15) is 10.4 Å². The monoisotopic (exact) mass is 323 g/mol. The molecular formula is C19H21N3O2. The van der Waals surface area contributed by atoms with Gasteiger partial charge in [0.15, 0.2) is 0 Å². The molecule has 1 aliphatic heterocycles. The van der Waals surface area contributed by atoms with E-state index in [1.807, 2.05) is 24.3 Å². The Balaban J connectivity index is 1.65. The lowest BCUT2D eigenvalue weighted by atomic mass is 9.97. The molecule has 24 heavy (non-hydrogen) atoms. The standard InChI is InChI=1S/C19H21N3O2/c1-3-9-21(10-4-2)18(23)14-12-22(13-14)19(24)16-11-20-17-8-6-5-7-15(16)17/h3-8,11,14,20H,1-2,9-10,12-13H2. The van der Waals surface area contributed by atoms with Crippen LogP contribution in [0.2, 0.25) is 0 Å². The number of aromatic amines is 1. The summed E-state index contributed by atoms with van der Waals surface area (Å²) < 4.78 is 0. The lowest BCUT2D eigenvalue weighted by Gasteiger charge is -2.40. The first kappa shape index (κ1) is 16.1. The number of fused-ring (bicyclic) bond motifs is 1. The van der Waals surface area contributed by atoms with Gasteiger partial charge in [0.2, 0.25) is 5.91 Å². The van der Waals surface area contributed by atoms with Crippen molar-refractivity contribution in [3.8, 4) is 0 Å². The third kappa shape index (κ3) is 2.85. The van der Waals surface area contributed by atoms with Crippen molar-refractivity contribution < 1.29 is 9.59 Å². The van der Waals surface area contributed by atoms with Gasteiger partial charge in [-0.1, -0.05) is 30.4 Å². The predicted molar refractivity (Wildman–Crippen MR) is 94.7 cm³/mol. The fraction of sp³-hybridized carbons (Fsp3) is 0.263. The summed E-state index contributed by atoms with van der Waals surface area (Å²) in [6.07, 6.45) is 5.15. The van der Waals surface area contributed by atoms with Crippen LogP contribution in [0.4, 0.5) is 0 Å². The summed E-state index contributed by atoms with van der Waals surface area (Å²) in [6.45, 7) is 9.27. The van der Waals surface area contributed by atoms with E-state index in [9.17, 15) is 9.59 Å². The number of carbonyl (C=O) groups excluding carboxylic acids is 2. The summed E-state index contributed by atoms with van der Waals surface area (Å²) in [5.74, 6) is -0.118. The van der Waals surface area contributed by atoms with Gasteiger partial charge in [0.05, 0.1) is 11.5 Å². The zero-order valence-electron chi connectivity index (χ0n) is 13.6. The van der Waals surface area contributed by atoms with Crippen LogP contribution in [0.15, 0.2) is 55.8 Å². The maximum atomic E-state index is 12.6. The van der Waals surface area contributed by atoms with E-state index in [0.29, 0.717) is 31.7 Å². The Morgan fingerprint density at radius 1 is 1.21 bits per heavy atom. The number of aromatic nitrogens is 1. The van der Waals surface area contributed by atoms with Crippen molar-refractivity contribution in [2.45, 2.75) is 0 Å². The molecule has 2 heterocycles. The van der Waals surface area contributed by atoms with Crippen LogP contribution in [0.25, 0.3) is 10.9 Å². The third-order valence-corrected chi connectivity index (χ3v) is 4.35. The Hall–Kier alpha value is -2.82. The fourth-order valence-electron chi connectivity index (χ4n) is 3.04. The Morgan fingerprint density at radius 3 is 2.54 bits per heavy atom. The van der Waals surface area contributed by atoms with Gasteiger partial charge in [-0.25, -0.2) is 0 Å². The minimum absolute atomic E-state index is 0.0320. The van der Waals surface area contributed by atoms with Crippen molar-refractivity contribution in [2.24, 2.45) is 5.92 Å². The number of hydrogen-bond acceptors (Lipinski definition) is 2. The topological polar surface area (TPSA) is 56.4 Å². The molecule has 1 fully saturated rings. The second kappa shape index (κ2) is 6.74. The second-order valence-corrected chi connectivity index (χ2v) is 5.98. The molecule has 2 aromatic rings. The average Bonchev–Trinajstić information content (AvgIpc) is 2.97. The highest BCUT2D eigenvalue weighted by Crippen LogP contribution is 2.25. The number of benzene rings is 1. The molecule has 1 N–H and O–H groups in total. The molecule has 1 aromatic carbocycles. The van der Waals surface area contributed by atoms with Gasteiger partial charge >= 0.3 is 0 Å². The van der Waals surface area contributed by atoms with E-state index < -0.39 is 0 Å². The average molecular weight is 323 g/mol. The van der Waals surface area contributed by atoms with Gasteiger partial charge in [-0.15, -0.1) is 13.2 Å². The highest BCUT2D eigenvalue weighted by molar-refractivity contribution is 6.07. The van der Waals surface area contributed by atoms with Gasteiger partial charge in [0.25, 0.3) is 5.91 Å². The van der Waals surface area contributed by atoms with Gasteiger partial charge < -0.3 is 14.8 Å². The minimum atomic E-state index is -0.140. The third-order valence-electron chi connectivity index (χ3n) is 4.35. The van der Waals surface area contributed by atoms with Crippen molar-refractivity contribution in [1.82, 2.24) is 14.8 Å². The van der Waals surface area contributed by atoms with Crippen LogP contribution in [-0.4, -0.2) is 52.8 Å². The molecule has 124 valence electrons. The Kier molecular flexibility index (Phi) is 4.51. The predicted octanol–water partition coefficient (Wildman–Crippen LogP) is 2.44. The van der Waals surface area contributed by atoms with E-state index in [0.717, 1.165) is 10.9 Å². The lowest BCUT2D eigenvalue weighted by Crippen LogP contribution is -2.56. The van der Waals surface area contributed by atoms with Crippen LogP contribution in [0.3, 0.4) is 0 Å². The summed E-state index contributed by atoms with van der Waals surface area (Å²) in [5, 5.41) is 0.914. The highest BCUT2D eigenvalue weighted by Gasteiger charge is 2.38. The quantitative estimate of drug-likeness (QED) is 0.830. The minimum Gasteiger partial charge on any atom is -0.360 e. The summed E-state index contributed by atoms with van der Waals surface area (Å²) in [7, 11) is 0. The highest BCUT2D eigenvalue weighted by atomic mass is 16.2. The molecule has 0 saturated carbocycles. The maximum absolute atomic E-state index is 12.6. The number of hydrogen-bond donors (Lipinski definition) is 1. The van der Waals surface area contributed by atoms with E-state index in [1.54, 1.807) is 28.1 Å². The van der Waals surface area contributed by atoms with Crippen molar-refractivity contribution in [3.05, 3.63) is 61.3 Å². The number of carbonyl (C=O) groups is 2. The molecule has 0 radical (unpaired) electrons. The zero-order valence-corrected chi connectivity index (χ0v) is 13.6. The second-order valence-electron chi connectivity index (χ2n) is 5.98. The summed E-state index contributed by atoms with van der Waals surface area (Å²) in [4.78, 5) is 31.6. The van der Waals surface area contributed by atoms with Crippen molar-refractivity contribution in [3.63, 3.8) is 0 Å². The molecule has 5 nitrogen and oxygen atoms in total. The summed E-state index contributed by atoms with van der Waals surface area (Å²) in [6, 6.07) is 7.71. The number of para-hydroxylation sites is 1. The number of nitrogens with one attached hydrogen (secondary N) is 1. The van der Waals surface area contributed by atoms with E-state index in [1.165, 1.54) is 0 Å². The maximum Gasteiger partial charge on any atom is 0.256 e. The van der Waals surface area contributed by atoms with E-state index >= 15 is 0 Å². The van der Waals surface area contributed by atoms with Gasteiger partial charge in [-0.05, 0) is 6.07 Å². The molecule has 0 unspecified atom stereocenters. The Labute approximate surface area is 141 Å². The van der Waals surface area contributed by atoms with Gasteiger partial charge in [0.1, 0.15) is 0 Å². The molecule has 5 heteroatoms. The molecule has 1 aliphatic rings. The van der Waals surface area contributed by atoms with Gasteiger partial charge in [-0.3, -0.25) is 9.59 Å². The van der Waals surface area contributed by atoms with Crippen molar-refractivity contribution in [2.75, 3.05) is 26.2 Å². The molecular weight excluding hydrogens is 302 g/mol. The first-order valence-electron chi connectivity index (χ1n) is 8.01. The van der Waals surface area contributed by atoms with Gasteiger partial charge in [-0.2, -0.15) is 0 Å². The molecule has 0 spiro atoms. The number of rotatable bonds is 6. The normalized spacial score (nSPS) is 14.2. The number of nitrogens with zero attached hydrogens (tertiary/aromatic N) is 2. The van der Waals surface area contributed by atoms with E-state index in [2.05, 4.69) is 18.1 Å². The van der Waals surface area contributed by atoms with Crippen LogP contribution in [0.5, 0.6) is 0 Å². The fourth-order valence-corrected chi connectivity index (χ4v) is 3.04. The molecule has 3 rings (SSSR count). The number of amides is 2. The molecule has 0 bridgehead atoms. The first-order valence-corrected chi connectivity index (χ1v) is 8.01. The lowest BCUT2D eigenvalue weighted by molar-refractivity contribution is -0.138. The van der Waals surface area contributed by atoms with E-state index in [4.69, 9.17) is 0 Å². The smallest absolute Gasteiger partial charge is 0.256 e. The van der Waals surface area contributed by atoms with Crippen LogP contribution < -0.4 is 0 Å². The summed E-state index contributed by atoms with van der Waals surface area (Å²) >= 11 is 0. The van der Waals surface area contributed by atoms with Crippen LogP contribution >= 0.6 is 0 Å². The molecule has 0 atom stereocenters. The molecule has 1 aromatic heterocycles. The molecule has 2 amide bonds. The molecule has 1 saturated heterocycles. The first-order chi connectivity index (χ1) is 11.7. The summed E-state index contributed by atoms with van der Waals surface area (Å²) in [5.41, 5.74) is 1.60. The van der Waals surface area contributed by atoms with Crippen molar-refractivity contribution >= 4 is 22.7 Å². The Bertz CT molecular complexity index is 777. The zero-order chi connectivity index (χ0) is 17.1. The van der Waals surface area contributed by atoms with Gasteiger partial charge in [0, 0.05) is 43.3 Å². The van der Waals surface area contributed by atoms with E-state index in [-0.39, 0.29) is 17.7 Å². The SMILES string of the molecule is C=CCN(CC=C)C(=O)C1CN(C(=O)c2c[nH]c3ccccc23)C1. The van der Waals surface area contributed by atoms with Crippen molar-refractivity contribution in [1.29, 1.82) is 0 Å². The van der Waals surface area contributed by atoms with Crippen LogP contribution in [0, 0.1) is 5.92 Å². The number of H-pyrrole nitrogens is 1.